The van der Waals surface area contributed by atoms with E-state index in [9.17, 15) is 4.79 Å². The first kappa shape index (κ1) is 15.6. The van der Waals surface area contributed by atoms with Crippen LogP contribution in [0.4, 0.5) is 5.69 Å². The Balaban J connectivity index is 1.96. The maximum absolute atomic E-state index is 12.4. The lowest BCUT2D eigenvalue weighted by atomic mass is 10.1. The van der Waals surface area contributed by atoms with E-state index >= 15 is 0 Å². The standard InChI is InChI=1S/C19H18N2OS/c1-13-8-7-9-14(2)17(13)20-19-21(3)18(22)16(23-19)12-15-10-5-4-6-11-15/h4-12H,1-3H3. The molecule has 1 saturated heterocycles. The number of carbonyl (C=O) groups excluding carboxylic acids is 1. The number of hydrogen-bond acceptors (Lipinski definition) is 3. The largest absolute Gasteiger partial charge is 0.290 e. The van der Waals surface area contributed by atoms with Crippen molar-refractivity contribution in [2.24, 2.45) is 4.99 Å². The molecule has 0 aromatic heterocycles. The lowest BCUT2D eigenvalue weighted by Gasteiger charge is -2.09. The highest BCUT2D eigenvalue weighted by Crippen LogP contribution is 2.34. The number of hydrogen-bond donors (Lipinski definition) is 0. The van der Waals surface area contributed by atoms with E-state index in [-0.39, 0.29) is 5.91 Å². The molecule has 2 aromatic carbocycles. The average molecular weight is 322 g/mol. The predicted molar refractivity (Wildman–Crippen MR) is 97.8 cm³/mol. The van der Waals surface area contributed by atoms with Crippen LogP contribution in [0.25, 0.3) is 6.08 Å². The lowest BCUT2D eigenvalue weighted by molar-refractivity contribution is -0.121. The smallest absolute Gasteiger partial charge is 0.266 e. The van der Waals surface area contributed by atoms with Crippen molar-refractivity contribution in [1.29, 1.82) is 0 Å². The van der Waals surface area contributed by atoms with Crippen LogP contribution in [0.2, 0.25) is 0 Å². The molecule has 0 saturated carbocycles. The zero-order valence-electron chi connectivity index (χ0n) is 13.4. The summed E-state index contributed by atoms with van der Waals surface area (Å²) in [7, 11) is 1.77. The number of amides is 1. The molecule has 0 N–H and O–H groups in total. The second-order valence-electron chi connectivity index (χ2n) is 5.52. The van der Waals surface area contributed by atoms with Crippen LogP contribution in [-0.4, -0.2) is 23.0 Å². The maximum atomic E-state index is 12.4. The SMILES string of the molecule is Cc1cccc(C)c1N=C1SC(=Cc2ccccc2)C(=O)N1C. The molecule has 1 heterocycles. The molecule has 0 aliphatic carbocycles. The van der Waals surface area contributed by atoms with Gasteiger partial charge in [-0.25, -0.2) is 4.99 Å². The molecule has 0 atom stereocenters. The van der Waals surface area contributed by atoms with E-state index in [2.05, 4.69) is 0 Å². The van der Waals surface area contributed by atoms with Gasteiger partial charge in [0.1, 0.15) is 0 Å². The Labute approximate surface area is 140 Å². The molecule has 4 heteroatoms. The van der Waals surface area contributed by atoms with Crippen LogP contribution in [0.15, 0.2) is 58.4 Å². The highest BCUT2D eigenvalue weighted by Gasteiger charge is 2.30. The highest BCUT2D eigenvalue weighted by atomic mass is 32.2. The molecule has 0 spiro atoms. The molecule has 0 radical (unpaired) electrons. The van der Waals surface area contributed by atoms with Crippen molar-refractivity contribution in [2.75, 3.05) is 7.05 Å². The van der Waals surface area contributed by atoms with Gasteiger partial charge < -0.3 is 0 Å². The third-order valence-corrected chi connectivity index (χ3v) is 4.81. The summed E-state index contributed by atoms with van der Waals surface area (Å²) in [6.07, 6.45) is 1.91. The van der Waals surface area contributed by atoms with Gasteiger partial charge in [-0.1, -0.05) is 48.5 Å². The van der Waals surface area contributed by atoms with Crippen LogP contribution >= 0.6 is 11.8 Å². The third-order valence-electron chi connectivity index (χ3n) is 3.75. The molecule has 2 aromatic rings. The second-order valence-corrected chi connectivity index (χ2v) is 6.53. The van der Waals surface area contributed by atoms with Gasteiger partial charge in [0.15, 0.2) is 5.17 Å². The summed E-state index contributed by atoms with van der Waals surface area (Å²) in [6.45, 7) is 4.07. The second kappa shape index (κ2) is 6.42. The minimum Gasteiger partial charge on any atom is -0.290 e. The van der Waals surface area contributed by atoms with Crippen LogP contribution in [0.3, 0.4) is 0 Å². The Morgan fingerprint density at radius 1 is 1.00 bits per heavy atom. The van der Waals surface area contributed by atoms with E-state index in [0.717, 1.165) is 27.5 Å². The number of carbonyl (C=O) groups is 1. The van der Waals surface area contributed by atoms with Crippen LogP contribution in [0, 0.1) is 13.8 Å². The normalized spacial score (nSPS) is 18.2. The van der Waals surface area contributed by atoms with Gasteiger partial charge in [-0.3, -0.25) is 9.69 Å². The van der Waals surface area contributed by atoms with Crippen molar-refractivity contribution in [3.05, 3.63) is 70.1 Å². The van der Waals surface area contributed by atoms with E-state index in [1.54, 1.807) is 11.9 Å². The van der Waals surface area contributed by atoms with Crippen LogP contribution < -0.4 is 0 Å². The Bertz CT molecular complexity index is 789. The molecular weight excluding hydrogens is 304 g/mol. The molecule has 3 nitrogen and oxygen atoms in total. The van der Waals surface area contributed by atoms with E-state index in [4.69, 9.17) is 4.99 Å². The first-order valence-corrected chi connectivity index (χ1v) is 8.25. The molecule has 1 aliphatic heterocycles. The summed E-state index contributed by atoms with van der Waals surface area (Å²) >= 11 is 1.42. The number of thioether (sulfide) groups is 1. The van der Waals surface area contributed by atoms with Gasteiger partial charge in [0.25, 0.3) is 5.91 Å². The highest BCUT2D eigenvalue weighted by molar-refractivity contribution is 8.18. The number of nitrogens with zero attached hydrogens (tertiary/aromatic N) is 2. The van der Waals surface area contributed by atoms with Crippen LogP contribution in [0.1, 0.15) is 16.7 Å². The molecule has 116 valence electrons. The maximum Gasteiger partial charge on any atom is 0.266 e. The van der Waals surface area contributed by atoms with E-state index < -0.39 is 0 Å². The quantitative estimate of drug-likeness (QED) is 0.761. The van der Waals surface area contributed by atoms with E-state index in [1.165, 1.54) is 11.8 Å². The summed E-state index contributed by atoms with van der Waals surface area (Å²) in [6, 6.07) is 16.0. The van der Waals surface area contributed by atoms with Gasteiger partial charge in [-0.05, 0) is 48.4 Å². The van der Waals surface area contributed by atoms with Crippen LogP contribution in [0.5, 0.6) is 0 Å². The minimum absolute atomic E-state index is 0.0103. The number of rotatable bonds is 2. The molecule has 0 bridgehead atoms. The number of likely N-dealkylation sites (N-methyl/N-ethyl adjacent to an activating group) is 1. The van der Waals surface area contributed by atoms with Gasteiger partial charge >= 0.3 is 0 Å². The Morgan fingerprint density at radius 3 is 2.30 bits per heavy atom. The number of amidine groups is 1. The molecule has 23 heavy (non-hydrogen) atoms. The van der Waals surface area contributed by atoms with Gasteiger partial charge in [-0.2, -0.15) is 0 Å². The monoisotopic (exact) mass is 322 g/mol. The summed E-state index contributed by atoms with van der Waals surface area (Å²) in [5.41, 5.74) is 4.18. The zero-order valence-corrected chi connectivity index (χ0v) is 14.2. The van der Waals surface area contributed by atoms with Gasteiger partial charge in [0.05, 0.1) is 10.6 Å². The Kier molecular flexibility index (Phi) is 4.35. The number of aliphatic imine (C=N–C) groups is 1. The molecule has 1 aliphatic rings. The molecule has 1 fully saturated rings. The van der Waals surface area contributed by atoms with Crippen molar-refractivity contribution in [1.82, 2.24) is 4.90 Å². The molecular formula is C19H18N2OS. The van der Waals surface area contributed by atoms with Crippen molar-refractivity contribution in [3.8, 4) is 0 Å². The lowest BCUT2D eigenvalue weighted by Crippen LogP contribution is -2.23. The van der Waals surface area contributed by atoms with E-state index in [1.807, 2.05) is 68.5 Å². The topological polar surface area (TPSA) is 32.7 Å². The van der Waals surface area contributed by atoms with Crippen molar-refractivity contribution in [2.45, 2.75) is 13.8 Å². The van der Waals surface area contributed by atoms with Gasteiger partial charge in [0.2, 0.25) is 0 Å². The summed E-state index contributed by atoms with van der Waals surface area (Å²) in [4.78, 5) is 19.5. The van der Waals surface area contributed by atoms with E-state index in [0.29, 0.717) is 4.91 Å². The molecule has 3 rings (SSSR count). The fraction of sp³-hybridized carbons (Fsp3) is 0.158. The summed E-state index contributed by atoms with van der Waals surface area (Å²) < 4.78 is 0. The Hall–Kier alpha value is -2.33. The predicted octanol–water partition coefficient (Wildman–Crippen LogP) is 4.54. The number of aryl methyl sites for hydroxylation is 2. The fourth-order valence-corrected chi connectivity index (χ4v) is 3.40. The summed E-state index contributed by atoms with van der Waals surface area (Å²) in [5.74, 6) is -0.0103. The molecule has 0 unspecified atom stereocenters. The van der Waals surface area contributed by atoms with Crippen molar-refractivity contribution in [3.63, 3.8) is 0 Å². The number of benzene rings is 2. The Morgan fingerprint density at radius 2 is 1.65 bits per heavy atom. The van der Waals surface area contributed by atoms with Crippen molar-refractivity contribution >= 4 is 34.6 Å². The third kappa shape index (κ3) is 3.22. The van der Waals surface area contributed by atoms with Gasteiger partial charge in [0, 0.05) is 7.05 Å². The fourth-order valence-electron chi connectivity index (χ4n) is 2.43. The summed E-state index contributed by atoms with van der Waals surface area (Å²) in [5, 5.41) is 0.717. The first-order valence-electron chi connectivity index (χ1n) is 7.44. The average Bonchev–Trinajstić information content (AvgIpc) is 2.80. The zero-order chi connectivity index (χ0) is 16.4. The number of para-hydroxylation sites is 1. The van der Waals surface area contributed by atoms with Crippen molar-refractivity contribution < 1.29 is 4.79 Å². The first-order chi connectivity index (χ1) is 11.1. The van der Waals surface area contributed by atoms with Crippen LogP contribution in [-0.2, 0) is 4.79 Å². The molecule has 1 amide bonds. The minimum atomic E-state index is -0.0103. The van der Waals surface area contributed by atoms with Gasteiger partial charge in [-0.15, -0.1) is 0 Å².